The monoisotopic (exact) mass is 310 g/mol. The van der Waals surface area contributed by atoms with E-state index < -0.39 is 5.82 Å². The molecule has 0 amide bonds. The number of nitrogens with zero attached hydrogens (tertiary/aromatic N) is 6. The first-order chi connectivity index (χ1) is 9.63. The van der Waals surface area contributed by atoms with E-state index in [1.165, 1.54) is 35.5 Å². The van der Waals surface area contributed by atoms with Crippen molar-refractivity contribution in [2.24, 2.45) is 0 Å². The summed E-state index contributed by atoms with van der Waals surface area (Å²) in [4.78, 5) is 15.8. The summed E-state index contributed by atoms with van der Waals surface area (Å²) in [6.07, 6.45) is 2.73. The van der Waals surface area contributed by atoms with Crippen molar-refractivity contribution < 1.29 is 4.39 Å². The molecule has 0 fully saturated rings. The first-order valence-corrected chi connectivity index (χ1v) is 6.11. The van der Waals surface area contributed by atoms with Crippen molar-refractivity contribution in [3.05, 3.63) is 47.0 Å². The first kappa shape index (κ1) is 12.9. The molecule has 3 rings (SSSR count). The molecule has 0 saturated heterocycles. The van der Waals surface area contributed by atoms with Crippen LogP contribution in [0.2, 0.25) is 10.3 Å². The first-order valence-electron chi connectivity index (χ1n) is 5.35. The van der Waals surface area contributed by atoms with Gasteiger partial charge >= 0.3 is 0 Å². The fourth-order valence-corrected chi connectivity index (χ4v) is 1.90. The van der Waals surface area contributed by atoms with Crippen LogP contribution < -0.4 is 0 Å². The Morgan fingerprint density at radius 1 is 1.10 bits per heavy atom. The lowest BCUT2D eigenvalue weighted by Gasteiger charge is -2.05. The van der Waals surface area contributed by atoms with Crippen molar-refractivity contribution in [1.29, 1.82) is 0 Å². The van der Waals surface area contributed by atoms with Crippen LogP contribution in [0.25, 0.3) is 17.3 Å². The average Bonchev–Trinajstić information content (AvgIpc) is 2.95. The lowest BCUT2D eigenvalue weighted by atomic mass is 10.2. The molecular formula is C11H5Cl2FN6. The van der Waals surface area contributed by atoms with Crippen LogP contribution in [0, 0.1) is 5.82 Å². The maximum absolute atomic E-state index is 13.3. The lowest BCUT2D eigenvalue weighted by Crippen LogP contribution is -2.05. The Hall–Kier alpha value is -2.12. The maximum atomic E-state index is 13.3. The molecule has 0 unspecified atom stereocenters. The molecule has 20 heavy (non-hydrogen) atoms. The maximum Gasteiger partial charge on any atom is 0.256 e. The normalized spacial score (nSPS) is 10.8. The van der Waals surface area contributed by atoms with Gasteiger partial charge in [-0.1, -0.05) is 11.6 Å². The fraction of sp³-hybridized carbons (Fsp3) is 0. The van der Waals surface area contributed by atoms with E-state index in [9.17, 15) is 4.39 Å². The summed E-state index contributed by atoms with van der Waals surface area (Å²) in [7, 11) is 0. The molecule has 0 aliphatic heterocycles. The summed E-state index contributed by atoms with van der Waals surface area (Å²) < 4.78 is 14.6. The summed E-state index contributed by atoms with van der Waals surface area (Å²) in [5.41, 5.74) is 0.317. The summed E-state index contributed by atoms with van der Waals surface area (Å²) in [6, 6.07) is 3.88. The highest BCUT2D eigenvalue weighted by molar-refractivity contribution is 6.33. The van der Waals surface area contributed by atoms with E-state index in [-0.39, 0.29) is 17.1 Å². The standard InChI is InChI=1S/C11H5Cl2FN6/c12-8-2-1-6(14)3-7(8)9-17-10(13)19-11(18-9)20-5-15-4-16-20/h1-5H. The van der Waals surface area contributed by atoms with Crippen LogP contribution in [0.1, 0.15) is 0 Å². The van der Waals surface area contributed by atoms with Gasteiger partial charge in [0.1, 0.15) is 18.5 Å². The number of halogens is 3. The van der Waals surface area contributed by atoms with Crippen LogP contribution in [0.5, 0.6) is 0 Å². The quantitative estimate of drug-likeness (QED) is 0.727. The third-order valence-corrected chi connectivity index (χ3v) is 2.89. The summed E-state index contributed by atoms with van der Waals surface area (Å²) in [6.45, 7) is 0. The largest absolute Gasteiger partial charge is 0.256 e. The zero-order valence-electron chi connectivity index (χ0n) is 9.70. The number of aromatic nitrogens is 6. The molecule has 0 radical (unpaired) electrons. The van der Waals surface area contributed by atoms with Gasteiger partial charge in [-0.3, -0.25) is 0 Å². The van der Waals surface area contributed by atoms with Gasteiger partial charge in [0.2, 0.25) is 5.28 Å². The highest BCUT2D eigenvalue weighted by atomic mass is 35.5. The van der Waals surface area contributed by atoms with Gasteiger partial charge in [-0.2, -0.15) is 24.7 Å². The van der Waals surface area contributed by atoms with Gasteiger partial charge in [-0.05, 0) is 29.8 Å². The highest BCUT2D eigenvalue weighted by Crippen LogP contribution is 2.26. The minimum Gasteiger partial charge on any atom is -0.223 e. The average molecular weight is 311 g/mol. The van der Waals surface area contributed by atoms with Crippen molar-refractivity contribution in [2.45, 2.75) is 0 Å². The van der Waals surface area contributed by atoms with E-state index >= 15 is 0 Å². The Morgan fingerprint density at radius 3 is 2.70 bits per heavy atom. The Labute approximate surface area is 122 Å². The number of hydrogen-bond acceptors (Lipinski definition) is 5. The Kier molecular flexibility index (Phi) is 3.29. The molecule has 3 aromatic rings. The number of benzene rings is 1. The molecule has 1 aromatic carbocycles. The topological polar surface area (TPSA) is 69.4 Å². The summed E-state index contributed by atoms with van der Waals surface area (Å²) >= 11 is 11.9. The minimum absolute atomic E-state index is 0.0548. The highest BCUT2D eigenvalue weighted by Gasteiger charge is 2.13. The van der Waals surface area contributed by atoms with E-state index in [1.54, 1.807) is 0 Å². The Balaban J connectivity index is 2.17. The van der Waals surface area contributed by atoms with Gasteiger partial charge < -0.3 is 0 Å². The van der Waals surface area contributed by atoms with E-state index in [0.29, 0.717) is 10.6 Å². The van der Waals surface area contributed by atoms with Gasteiger partial charge in [0.15, 0.2) is 5.82 Å². The molecule has 100 valence electrons. The lowest BCUT2D eigenvalue weighted by molar-refractivity contribution is 0.628. The molecule has 0 spiro atoms. The van der Waals surface area contributed by atoms with Gasteiger partial charge in [0, 0.05) is 5.56 Å². The van der Waals surface area contributed by atoms with E-state index in [4.69, 9.17) is 23.2 Å². The smallest absolute Gasteiger partial charge is 0.223 e. The second-order valence-corrected chi connectivity index (χ2v) is 4.44. The van der Waals surface area contributed by atoms with Crippen molar-refractivity contribution in [3.63, 3.8) is 0 Å². The second-order valence-electron chi connectivity index (χ2n) is 3.69. The van der Waals surface area contributed by atoms with Crippen LogP contribution in [0.4, 0.5) is 4.39 Å². The van der Waals surface area contributed by atoms with Crippen molar-refractivity contribution in [3.8, 4) is 17.3 Å². The van der Waals surface area contributed by atoms with Gasteiger partial charge in [-0.25, -0.2) is 9.37 Å². The van der Waals surface area contributed by atoms with E-state index in [1.807, 2.05) is 0 Å². The molecule has 0 saturated carbocycles. The molecule has 9 heteroatoms. The molecular weight excluding hydrogens is 306 g/mol. The third-order valence-electron chi connectivity index (χ3n) is 2.39. The second kappa shape index (κ2) is 5.10. The molecule has 0 atom stereocenters. The van der Waals surface area contributed by atoms with E-state index in [0.717, 1.165) is 0 Å². The summed E-state index contributed by atoms with van der Waals surface area (Å²) in [5.74, 6) is -0.138. The van der Waals surface area contributed by atoms with Crippen molar-refractivity contribution >= 4 is 23.2 Å². The van der Waals surface area contributed by atoms with Gasteiger partial charge in [0.05, 0.1) is 5.02 Å². The Morgan fingerprint density at radius 2 is 1.95 bits per heavy atom. The summed E-state index contributed by atoms with van der Waals surface area (Å²) in [5, 5.41) is 4.14. The predicted molar refractivity (Wildman–Crippen MR) is 70.2 cm³/mol. The van der Waals surface area contributed by atoms with Crippen LogP contribution in [-0.2, 0) is 0 Å². The minimum atomic E-state index is -0.455. The molecule has 0 aliphatic carbocycles. The van der Waals surface area contributed by atoms with Crippen LogP contribution in [0.3, 0.4) is 0 Å². The van der Waals surface area contributed by atoms with E-state index in [2.05, 4.69) is 25.0 Å². The molecule has 0 aliphatic rings. The van der Waals surface area contributed by atoms with Crippen molar-refractivity contribution in [2.75, 3.05) is 0 Å². The van der Waals surface area contributed by atoms with Gasteiger partial charge in [-0.15, -0.1) is 0 Å². The SMILES string of the molecule is Fc1ccc(Cl)c(-c2nc(Cl)nc(-n3cncn3)n2)c1. The predicted octanol–water partition coefficient (Wildman–Crippen LogP) is 2.57. The molecule has 6 nitrogen and oxygen atoms in total. The Bertz CT molecular complexity index is 762. The molecule has 0 N–H and O–H groups in total. The molecule has 0 bridgehead atoms. The number of rotatable bonds is 2. The van der Waals surface area contributed by atoms with Crippen LogP contribution in [0.15, 0.2) is 30.9 Å². The van der Waals surface area contributed by atoms with Crippen LogP contribution >= 0.6 is 23.2 Å². The molecule has 2 aromatic heterocycles. The van der Waals surface area contributed by atoms with Crippen molar-refractivity contribution in [1.82, 2.24) is 29.7 Å². The third kappa shape index (κ3) is 2.45. The van der Waals surface area contributed by atoms with Gasteiger partial charge in [0.25, 0.3) is 5.95 Å². The zero-order valence-corrected chi connectivity index (χ0v) is 11.2. The number of hydrogen-bond donors (Lipinski definition) is 0. The molecule has 2 heterocycles. The van der Waals surface area contributed by atoms with Crippen LogP contribution in [-0.4, -0.2) is 29.7 Å². The fourth-order valence-electron chi connectivity index (χ4n) is 1.54. The zero-order chi connectivity index (χ0) is 14.1.